The molecule has 2 aromatic carbocycles. The number of hydrogen-bond donors (Lipinski definition) is 1. The maximum Gasteiger partial charge on any atom is 0.265 e. The van der Waals surface area contributed by atoms with Crippen molar-refractivity contribution < 1.29 is 14.3 Å². The van der Waals surface area contributed by atoms with Crippen LogP contribution in [0, 0.1) is 0 Å². The summed E-state index contributed by atoms with van der Waals surface area (Å²) in [5.41, 5.74) is 2.27. The molecule has 0 saturated carbocycles. The Morgan fingerprint density at radius 2 is 1.59 bits per heavy atom. The molecule has 2 aromatic rings. The molecule has 1 N–H and O–H groups in total. The summed E-state index contributed by atoms with van der Waals surface area (Å²) in [7, 11) is 0. The molecule has 0 bridgehead atoms. The first-order chi connectivity index (χ1) is 14.0. The first kappa shape index (κ1) is 20.9. The van der Waals surface area contributed by atoms with Crippen molar-refractivity contribution in [3.63, 3.8) is 0 Å². The van der Waals surface area contributed by atoms with Crippen LogP contribution in [0.3, 0.4) is 0 Å². The normalized spacial score (nSPS) is 15.1. The highest BCUT2D eigenvalue weighted by atomic mass is 16.5. The third kappa shape index (κ3) is 5.37. The van der Waals surface area contributed by atoms with Crippen molar-refractivity contribution in [1.82, 2.24) is 4.90 Å². The van der Waals surface area contributed by atoms with Gasteiger partial charge in [-0.15, -0.1) is 0 Å². The number of para-hydroxylation sites is 1. The van der Waals surface area contributed by atoms with Crippen molar-refractivity contribution in [3.05, 3.63) is 59.7 Å². The number of hydrogen-bond acceptors (Lipinski definition) is 3. The number of piperidine rings is 1. The third-order valence-corrected chi connectivity index (χ3v) is 5.29. The molecule has 5 nitrogen and oxygen atoms in total. The fourth-order valence-electron chi connectivity index (χ4n) is 3.47. The van der Waals surface area contributed by atoms with Crippen molar-refractivity contribution in [1.29, 1.82) is 0 Å². The van der Waals surface area contributed by atoms with E-state index in [-0.39, 0.29) is 11.8 Å². The topological polar surface area (TPSA) is 58.6 Å². The average Bonchev–Trinajstić information content (AvgIpc) is 2.74. The molecule has 29 heavy (non-hydrogen) atoms. The highest BCUT2D eigenvalue weighted by Crippen LogP contribution is 2.22. The van der Waals surface area contributed by atoms with Gasteiger partial charge < -0.3 is 15.0 Å². The van der Waals surface area contributed by atoms with Gasteiger partial charge in [0.05, 0.1) is 11.3 Å². The van der Waals surface area contributed by atoms with Crippen LogP contribution in [0.1, 0.15) is 61.9 Å². The molecule has 1 saturated heterocycles. The van der Waals surface area contributed by atoms with Gasteiger partial charge in [-0.1, -0.05) is 38.1 Å². The summed E-state index contributed by atoms with van der Waals surface area (Å²) < 4.78 is 5.79. The van der Waals surface area contributed by atoms with Crippen LogP contribution in [0.25, 0.3) is 0 Å². The van der Waals surface area contributed by atoms with Gasteiger partial charge in [0.1, 0.15) is 5.75 Å². The Balaban J connectivity index is 1.66. The van der Waals surface area contributed by atoms with E-state index in [0.29, 0.717) is 22.9 Å². The smallest absolute Gasteiger partial charge is 0.265 e. The van der Waals surface area contributed by atoms with Gasteiger partial charge >= 0.3 is 0 Å². The van der Waals surface area contributed by atoms with E-state index in [0.717, 1.165) is 32.4 Å². The molecule has 0 radical (unpaired) electrons. The standard InChI is InChI=1S/C24H30N2O3/c1-17(2)19-11-13-20(14-12-19)29-18(3)23(27)25-22-10-6-5-9-21(22)24(28)26-15-7-4-8-16-26/h5-6,9-14,17-18H,4,7-8,15-16H2,1-3H3,(H,25,27). The lowest BCUT2D eigenvalue weighted by Gasteiger charge is -2.27. The highest BCUT2D eigenvalue weighted by molar-refractivity contribution is 6.04. The lowest BCUT2D eigenvalue weighted by atomic mass is 10.0. The number of anilines is 1. The predicted octanol–water partition coefficient (Wildman–Crippen LogP) is 4.84. The summed E-state index contributed by atoms with van der Waals surface area (Å²) in [4.78, 5) is 27.4. The van der Waals surface area contributed by atoms with Crippen LogP contribution >= 0.6 is 0 Å². The predicted molar refractivity (Wildman–Crippen MR) is 115 cm³/mol. The Bertz CT molecular complexity index is 839. The molecule has 0 spiro atoms. The summed E-state index contributed by atoms with van der Waals surface area (Å²) in [5, 5.41) is 2.87. The molecule has 1 aliphatic rings. The minimum Gasteiger partial charge on any atom is -0.481 e. The zero-order chi connectivity index (χ0) is 20.8. The third-order valence-electron chi connectivity index (χ3n) is 5.29. The van der Waals surface area contributed by atoms with Gasteiger partial charge in [-0.3, -0.25) is 9.59 Å². The average molecular weight is 395 g/mol. The van der Waals surface area contributed by atoms with Crippen LogP contribution in [0.4, 0.5) is 5.69 Å². The number of nitrogens with zero attached hydrogens (tertiary/aromatic N) is 1. The van der Waals surface area contributed by atoms with E-state index in [2.05, 4.69) is 19.2 Å². The minimum absolute atomic E-state index is 0.0292. The second kappa shape index (κ2) is 9.59. The fourth-order valence-corrected chi connectivity index (χ4v) is 3.47. The van der Waals surface area contributed by atoms with Gasteiger partial charge in [-0.05, 0) is 61.9 Å². The largest absolute Gasteiger partial charge is 0.481 e. The maximum absolute atomic E-state index is 12.9. The quantitative estimate of drug-likeness (QED) is 0.762. The molecule has 1 atom stereocenters. The Morgan fingerprint density at radius 1 is 0.931 bits per heavy atom. The molecular weight excluding hydrogens is 364 g/mol. The van der Waals surface area contributed by atoms with E-state index in [4.69, 9.17) is 4.74 Å². The Labute approximate surface area is 173 Å². The Hall–Kier alpha value is -2.82. The van der Waals surface area contributed by atoms with Crippen LogP contribution in [0.2, 0.25) is 0 Å². The number of nitrogens with one attached hydrogen (secondary N) is 1. The van der Waals surface area contributed by atoms with Crippen molar-refractivity contribution >= 4 is 17.5 Å². The monoisotopic (exact) mass is 394 g/mol. The Kier molecular flexibility index (Phi) is 6.91. The second-order valence-electron chi connectivity index (χ2n) is 7.87. The molecule has 1 unspecified atom stereocenters. The van der Waals surface area contributed by atoms with Gasteiger partial charge in [-0.25, -0.2) is 0 Å². The number of rotatable bonds is 6. The number of carbonyl (C=O) groups is 2. The lowest BCUT2D eigenvalue weighted by Crippen LogP contribution is -2.36. The number of likely N-dealkylation sites (tertiary alicyclic amines) is 1. The van der Waals surface area contributed by atoms with E-state index in [1.165, 1.54) is 5.56 Å². The number of benzene rings is 2. The van der Waals surface area contributed by atoms with Crippen molar-refractivity contribution in [3.8, 4) is 5.75 Å². The van der Waals surface area contributed by atoms with Gasteiger partial charge in [-0.2, -0.15) is 0 Å². The van der Waals surface area contributed by atoms with E-state index in [1.807, 2.05) is 41.3 Å². The summed E-state index contributed by atoms with van der Waals surface area (Å²) in [6.45, 7) is 7.52. The van der Waals surface area contributed by atoms with Crippen molar-refractivity contribution in [2.45, 2.75) is 52.1 Å². The van der Waals surface area contributed by atoms with Crippen LogP contribution in [0.5, 0.6) is 5.75 Å². The van der Waals surface area contributed by atoms with Gasteiger partial charge in [0.15, 0.2) is 6.10 Å². The van der Waals surface area contributed by atoms with Crippen LogP contribution in [0.15, 0.2) is 48.5 Å². The second-order valence-corrected chi connectivity index (χ2v) is 7.87. The first-order valence-corrected chi connectivity index (χ1v) is 10.4. The van der Waals surface area contributed by atoms with E-state index >= 15 is 0 Å². The minimum atomic E-state index is -0.682. The molecular formula is C24H30N2O3. The van der Waals surface area contributed by atoms with Crippen LogP contribution < -0.4 is 10.1 Å². The van der Waals surface area contributed by atoms with Crippen molar-refractivity contribution in [2.75, 3.05) is 18.4 Å². The summed E-state index contributed by atoms with van der Waals surface area (Å²) in [5.74, 6) is 0.781. The molecule has 2 amide bonds. The van der Waals surface area contributed by atoms with Gasteiger partial charge in [0, 0.05) is 13.1 Å². The van der Waals surface area contributed by atoms with Crippen molar-refractivity contribution in [2.24, 2.45) is 0 Å². The Morgan fingerprint density at radius 3 is 2.24 bits per heavy atom. The summed E-state index contributed by atoms with van der Waals surface area (Å²) in [6.07, 6.45) is 2.54. The molecule has 0 aromatic heterocycles. The number of carbonyl (C=O) groups excluding carboxylic acids is 2. The van der Waals surface area contributed by atoms with Gasteiger partial charge in [0.2, 0.25) is 0 Å². The molecule has 3 rings (SSSR count). The van der Waals surface area contributed by atoms with E-state index in [9.17, 15) is 9.59 Å². The lowest BCUT2D eigenvalue weighted by molar-refractivity contribution is -0.122. The number of ether oxygens (including phenoxy) is 1. The molecule has 1 aliphatic heterocycles. The van der Waals surface area contributed by atoms with Gasteiger partial charge in [0.25, 0.3) is 11.8 Å². The summed E-state index contributed by atoms with van der Waals surface area (Å²) >= 11 is 0. The zero-order valence-corrected chi connectivity index (χ0v) is 17.5. The number of amides is 2. The molecule has 1 fully saturated rings. The van der Waals surface area contributed by atoms with Crippen LogP contribution in [-0.4, -0.2) is 35.9 Å². The van der Waals surface area contributed by atoms with E-state index < -0.39 is 6.10 Å². The SMILES string of the molecule is CC(Oc1ccc(C(C)C)cc1)C(=O)Nc1ccccc1C(=O)N1CCCCC1. The van der Waals surface area contributed by atoms with E-state index in [1.54, 1.807) is 19.1 Å². The molecule has 1 heterocycles. The molecule has 154 valence electrons. The van der Waals surface area contributed by atoms with Crippen LogP contribution in [-0.2, 0) is 4.79 Å². The molecule has 0 aliphatic carbocycles. The first-order valence-electron chi connectivity index (χ1n) is 10.4. The summed E-state index contributed by atoms with van der Waals surface area (Å²) in [6, 6.07) is 15.0. The highest BCUT2D eigenvalue weighted by Gasteiger charge is 2.23. The fraction of sp³-hybridized carbons (Fsp3) is 0.417. The zero-order valence-electron chi connectivity index (χ0n) is 17.5. The maximum atomic E-state index is 12.9. The molecule has 5 heteroatoms.